The third-order valence-corrected chi connectivity index (χ3v) is 3.83. The van der Waals surface area contributed by atoms with Crippen LogP contribution in [0.1, 0.15) is 27.0 Å². The molecule has 2 nitrogen and oxygen atoms in total. The van der Waals surface area contributed by atoms with Crippen LogP contribution in [0.4, 0.5) is 5.69 Å². The Hall–Kier alpha value is -1.51. The van der Waals surface area contributed by atoms with E-state index in [1.165, 1.54) is 5.56 Å². The molecule has 0 saturated carbocycles. The fourth-order valence-electron chi connectivity index (χ4n) is 1.99. The first-order valence-electron chi connectivity index (χ1n) is 6.22. The van der Waals surface area contributed by atoms with Gasteiger partial charge in [0.2, 0.25) is 0 Å². The van der Waals surface area contributed by atoms with E-state index in [0.717, 1.165) is 11.1 Å². The zero-order valence-electron chi connectivity index (χ0n) is 11.6. The average molecular weight is 308 g/mol. The van der Waals surface area contributed by atoms with Gasteiger partial charge in [-0.25, -0.2) is 0 Å². The van der Waals surface area contributed by atoms with Gasteiger partial charge in [-0.3, -0.25) is 4.79 Å². The van der Waals surface area contributed by atoms with Gasteiger partial charge in [0.15, 0.2) is 0 Å². The number of nitrogens with one attached hydrogen (secondary N) is 1. The number of halogens is 2. The van der Waals surface area contributed by atoms with Gasteiger partial charge in [0.25, 0.3) is 5.91 Å². The summed E-state index contributed by atoms with van der Waals surface area (Å²) in [6.07, 6.45) is 0. The highest BCUT2D eigenvalue weighted by atomic mass is 35.5. The van der Waals surface area contributed by atoms with E-state index in [-0.39, 0.29) is 5.91 Å². The fraction of sp³-hybridized carbons (Fsp3) is 0.188. The molecule has 20 heavy (non-hydrogen) atoms. The number of amides is 1. The quantitative estimate of drug-likeness (QED) is 0.814. The van der Waals surface area contributed by atoms with E-state index in [9.17, 15) is 4.79 Å². The van der Waals surface area contributed by atoms with E-state index >= 15 is 0 Å². The zero-order valence-corrected chi connectivity index (χ0v) is 13.1. The number of aryl methyl sites for hydroxylation is 3. The number of anilines is 1. The van der Waals surface area contributed by atoms with E-state index < -0.39 is 0 Å². The van der Waals surface area contributed by atoms with Crippen molar-refractivity contribution in [3.8, 4) is 0 Å². The molecule has 4 heteroatoms. The Labute approximate surface area is 128 Å². The van der Waals surface area contributed by atoms with Crippen molar-refractivity contribution in [2.24, 2.45) is 0 Å². The van der Waals surface area contributed by atoms with Gasteiger partial charge in [0.1, 0.15) is 0 Å². The van der Waals surface area contributed by atoms with Crippen molar-refractivity contribution in [2.75, 3.05) is 5.32 Å². The Bertz CT molecular complexity index is 680. The van der Waals surface area contributed by atoms with Crippen LogP contribution < -0.4 is 5.32 Å². The summed E-state index contributed by atoms with van der Waals surface area (Å²) in [5.74, 6) is -0.185. The van der Waals surface area contributed by atoms with Crippen LogP contribution in [0, 0.1) is 20.8 Å². The molecule has 2 aromatic rings. The van der Waals surface area contributed by atoms with E-state index in [2.05, 4.69) is 5.32 Å². The Kier molecular flexibility index (Phi) is 4.36. The van der Waals surface area contributed by atoms with Crippen molar-refractivity contribution in [1.29, 1.82) is 0 Å². The van der Waals surface area contributed by atoms with Gasteiger partial charge in [-0.2, -0.15) is 0 Å². The van der Waals surface area contributed by atoms with Crippen LogP contribution in [-0.4, -0.2) is 5.91 Å². The van der Waals surface area contributed by atoms with Crippen LogP contribution in [0.2, 0.25) is 10.0 Å². The Morgan fingerprint density at radius 1 is 0.950 bits per heavy atom. The van der Waals surface area contributed by atoms with Crippen LogP contribution >= 0.6 is 23.2 Å². The SMILES string of the molecule is Cc1cc(C)c(C(=O)Nc2cc(Cl)ccc2Cl)cc1C. The third-order valence-electron chi connectivity index (χ3n) is 3.26. The summed E-state index contributed by atoms with van der Waals surface area (Å²) < 4.78 is 0. The van der Waals surface area contributed by atoms with Gasteiger partial charge in [-0.15, -0.1) is 0 Å². The molecule has 2 rings (SSSR count). The summed E-state index contributed by atoms with van der Waals surface area (Å²) in [5.41, 5.74) is 4.34. The summed E-state index contributed by atoms with van der Waals surface area (Å²) in [6, 6.07) is 8.87. The molecule has 0 radical (unpaired) electrons. The Morgan fingerprint density at radius 2 is 1.60 bits per heavy atom. The molecular weight excluding hydrogens is 293 g/mol. The highest BCUT2D eigenvalue weighted by Gasteiger charge is 2.12. The summed E-state index contributed by atoms with van der Waals surface area (Å²) in [5, 5.41) is 3.79. The van der Waals surface area contributed by atoms with Gasteiger partial charge in [0, 0.05) is 10.6 Å². The first kappa shape index (κ1) is 14.9. The molecule has 0 aromatic heterocycles. The highest BCUT2D eigenvalue weighted by molar-refractivity contribution is 6.35. The molecule has 0 saturated heterocycles. The monoisotopic (exact) mass is 307 g/mol. The predicted molar refractivity (Wildman–Crippen MR) is 85.1 cm³/mol. The van der Waals surface area contributed by atoms with Gasteiger partial charge in [-0.05, 0) is 61.7 Å². The lowest BCUT2D eigenvalue weighted by Crippen LogP contribution is -2.14. The minimum Gasteiger partial charge on any atom is -0.321 e. The van der Waals surface area contributed by atoms with Crippen LogP contribution in [0.15, 0.2) is 30.3 Å². The van der Waals surface area contributed by atoms with Gasteiger partial charge in [-0.1, -0.05) is 29.3 Å². The molecule has 0 spiro atoms. The normalized spacial score (nSPS) is 10.4. The number of carbonyl (C=O) groups excluding carboxylic acids is 1. The van der Waals surface area contributed by atoms with E-state index in [4.69, 9.17) is 23.2 Å². The summed E-state index contributed by atoms with van der Waals surface area (Å²) in [7, 11) is 0. The second-order valence-electron chi connectivity index (χ2n) is 4.83. The second-order valence-corrected chi connectivity index (χ2v) is 5.67. The second kappa shape index (κ2) is 5.86. The van der Waals surface area contributed by atoms with E-state index in [1.807, 2.05) is 32.9 Å². The minimum atomic E-state index is -0.185. The molecule has 1 amide bonds. The molecule has 2 aromatic carbocycles. The number of benzene rings is 2. The number of carbonyl (C=O) groups is 1. The van der Waals surface area contributed by atoms with E-state index in [0.29, 0.717) is 21.3 Å². The van der Waals surface area contributed by atoms with Crippen LogP contribution in [0.25, 0.3) is 0 Å². The fourth-order valence-corrected chi connectivity index (χ4v) is 2.32. The summed E-state index contributed by atoms with van der Waals surface area (Å²) in [6.45, 7) is 5.93. The van der Waals surface area contributed by atoms with Crippen molar-refractivity contribution in [3.63, 3.8) is 0 Å². The molecule has 104 valence electrons. The summed E-state index contributed by atoms with van der Waals surface area (Å²) in [4.78, 5) is 12.3. The van der Waals surface area contributed by atoms with E-state index in [1.54, 1.807) is 18.2 Å². The van der Waals surface area contributed by atoms with Gasteiger partial charge >= 0.3 is 0 Å². The number of hydrogen-bond acceptors (Lipinski definition) is 1. The van der Waals surface area contributed by atoms with Crippen LogP contribution in [0.5, 0.6) is 0 Å². The third kappa shape index (κ3) is 3.14. The largest absolute Gasteiger partial charge is 0.321 e. The Morgan fingerprint density at radius 3 is 2.30 bits per heavy atom. The number of rotatable bonds is 2. The minimum absolute atomic E-state index is 0.185. The van der Waals surface area contributed by atoms with Crippen LogP contribution in [0.3, 0.4) is 0 Å². The smallest absolute Gasteiger partial charge is 0.255 e. The molecule has 0 heterocycles. The highest BCUT2D eigenvalue weighted by Crippen LogP contribution is 2.26. The maximum absolute atomic E-state index is 12.3. The lowest BCUT2D eigenvalue weighted by molar-refractivity contribution is 0.102. The molecule has 1 N–H and O–H groups in total. The maximum atomic E-state index is 12.3. The van der Waals surface area contributed by atoms with Crippen molar-refractivity contribution >= 4 is 34.8 Å². The van der Waals surface area contributed by atoms with Gasteiger partial charge < -0.3 is 5.32 Å². The van der Waals surface area contributed by atoms with Crippen molar-refractivity contribution < 1.29 is 4.79 Å². The molecule has 0 aliphatic rings. The lowest BCUT2D eigenvalue weighted by atomic mass is 10.0. The topological polar surface area (TPSA) is 29.1 Å². The Balaban J connectivity index is 2.33. The molecule has 0 fully saturated rings. The van der Waals surface area contributed by atoms with Crippen LogP contribution in [-0.2, 0) is 0 Å². The van der Waals surface area contributed by atoms with Crippen molar-refractivity contribution in [3.05, 3.63) is 62.6 Å². The molecule has 0 aliphatic heterocycles. The first-order valence-corrected chi connectivity index (χ1v) is 6.98. The standard InChI is InChI=1S/C16H15Cl2NO/c1-9-6-11(3)13(7-10(9)2)16(20)19-15-8-12(17)4-5-14(15)18/h4-8H,1-3H3,(H,19,20). The molecule has 0 unspecified atom stereocenters. The maximum Gasteiger partial charge on any atom is 0.255 e. The average Bonchev–Trinajstić information content (AvgIpc) is 2.38. The molecule has 0 aliphatic carbocycles. The lowest BCUT2D eigenvalue weighted by Gasteiger charge is -2.11. The van der Waals surface area contributed by atoms with Gasteiger partial charge in [0.05, 0.1) is 10.7 Å². The first-order chi connectivity index (χ1) is 9.38. The molecule has 0 atom stereocenters. The summed E-state index contributed by atoms with van der Waals surface area (Å²) >= 11 is 12.0. The van der Waals surface area contributed by atoms with Crippen molar-refractivity contribution in [2.45, 2.75) is 20.8 Å². The zero-order chi connectivity index (χ0) is 14.9. The molecule has 0 bridgehead atoms. The predicted octanol–water partition coefficient (Wildman–Crippen LogP) is 5.17. The number of hydrogen-bond donors (Lipinski definition) is 1. The van der Waals surface area contributed by atoms with Crippen molar-refractivity contribution in [1.82, 2.24) is 0 Å². The molecular formula is C16H15Cl2NO.